The number of amides is 1. The van der Waals surface area contributed by atoms with Crippen LogP contribution in [0.3, 0.4) is 0 Å². The lowest BCUT2D eigenvalue weighted by molar-refractivity contribution is -0.121. The Bertz CT molecular complexity index is 520. The van der Waals surface area contributed by atoms with Crippen LogP contribution in [0.5, 0.6) is 0 Å². The van der Waals surface area contributed by atoms with Crippen LogP contribution in [-0.2, 0) is 4.79 Å². The number of nitrogens with one attached hydrogen (secondary N) is 1. The second kappa shape index (κ2) is 4.95. The van der Waals surface area contributed by atoms with Crippen LogP contribution in [-0.4, -0.2) is 20.5 Å². The van der Waals surface area contributed by atoms with Gasteiger partial charge in [-0.1, -0.05) is 13.0 Å². The van der Waals surface area contributed by atoms with E-state index < -0.39 is 0 Å². The van der Waals surface area contributed by atoms with Crippen LogP contribution in [0.4, 0.5) is 0 Å². The monoisotopic (exact) mass is 232 g/mol. The molecule has 1 unspecified atom stereocenters. The van der Waals surface area contributed by atoms with E-state index in [1.165, 1.54) is 0 Å². The van der Waals surface area contributed by atoms with Gasteiger partial charge in [-0.3, -0.25) is 9.20 Å². The molecular weight excluding hydrogens is 216 g/mol. The molecule has 1 amide bonds. The number of hydrogen-bond donors (Lipinski definition) is 1. The van der Waals surface area contributed by atoms with Gasteiger partial charge in [0.15, 0.2) is 11.5 Å². The van der Waals surface area contributed by atoms with Crippen molar-refractivity contribution in [3.8, 4) is 0 Å². The van der Waals surface area contributed by atoms with Crippen LogP contribution >= 0.6 is 0 Å². The minimum atomic E-state index is -0.133. The third-order valence-corrected chi connectivity index (χ3v) is 2.58. The molecule has 0 aromatic carbocycles. The number of fused-ring (bicyclic) bond motifs is 1. The zero-order chi connectivity index (χ0) is 12.3. The zero-order valence-corrected chi connectivity index (χ0v) is 10.1. The Morgan fingerprint density at radius 3 is 3.06 bits per heavy atom. The van der Waals surface area contributed by atoms with E-state index in [1.807, 2.05) is 42.6 Å². The average molecular weight is 232 g/mol. The Morgan fingerprint density at radius 2 is 2.29 bits per heavy atom. The van der Waals surface area contributed by atoms with Crippen molar-refractivity contribution in [2.45, 2.75) is 32.7 Å². The molecule has 2 aromatic heterocycles. The maximum Gasteiger partial charge on any atom is 0.220 e. The first-order valence-corrected chi connectivity index (χ1v) is 5.81. The maximum atomic E-state index is 11.5. The van der Waals surface area contributed by atoms with Gasteiger partial charge in [0.2, 0.25) is 5.91 Å². The highest BCUT2D eigenvalue weighted by atomic mass is 16.1. The Kier molecular flexibility index (Phi) is 3.37. The fourth-order valence-corrected chi connectivity index (χ4v) is 1.76. The van der Waals surface area contributed by atoms with Crippen molar-refractivity contribution in [2.75, 3.05) is 0 Å². The smallest absolute Gasteiger partial charge is 0.220 e. The van der Waals surface area contributed by atoms with Crippen molar-refractivity contribution >= 4 is 11.6 Å². The van der Waals surface area contributed by atoms with Crippen LogP contribution in [0.15, 0.2) is 24.4 Å². The van der Waals surface area contributed by atoms with E-state index in [0.717, 1.165) is 17.9 Å². The molecule has 2 rings (SSSR count). The first-order chi connectivity index (χ1) is 8.22. The summed E-state index contributed by atoms with van der Waals surface area (Å²) in [6, 6.07) is 5.58. The van der Waals surface area contributed by atoms with Crippen LogP contribution < -0.4 is 5.32 Å². The number of carbonyl (C=O) groups excluding carboxylic acids is 1. The van der Waals surface area contributed by atoms with Gasteiger partial charge in [-0.05, 0) is 25.5 Å². The van der Waals surface area contributed by atoms with Crippen LogP contribution in [0.1, 0.15) is 38.6 Å². The Hall–Kier alpha value is -1.91. The van der Waals surface area contributed by atoms with E-state index in [-0.39, 0.29) is 11.9 Å². The molecule has 0 saturated carbocycles. The predicted octanol–water partition coefficient (Wildman–Crippen LogP) is 1.71. The van der Waals surface area contributed by atoms with Crippen molar-refractivity contribution < 1.29 is 4.79 Å². The molecular formula is C12H16N4O. The summed E-state index contributed by atoms with van der Waals surface area (Å²) in [5.74, 6) is 0.803. The third-order valence-electron chi connectivity index (χ3n) is 2.58. The summed E-state index contributed by atoms with van der Waals surface area (Å²) in [5, 5.41) is 11.1. The molecule has 1 atom stereocenters. The van der Waals surface area contributed by atoms with Gasteiger partial charge in [-0.15, -0.1) is 10.2 Å². The molecule has 1 N–H and O–H groups in total. The highest BCUT2D eigenvalue weighted by Crippen LogP contribution is 2.11. The first kappa shape index (κ1) is 11.6. The largest absolute Gasteiger partial charge is 0.346 e. The number of hydrogen-bond acceptors (Lipinski definition) is 3. The van der Waals surface area contributed by atoms with Gasteiger partial charge >= 0.3 is 0 Å². The van der Waals surface area contributed by atoms with Crippen molar-refractivity contribution in [1.82, 2.24) is 19.9 Å². The quantitative estimate of drug-likeness (QED) is 0.873. The summed E-state index contributed by atoms with van der Waals surface area (Å²) < 4.78 is 1.89. The average Bonchev–Trinajstić information content (AvgIpc) is 2.72. The second-order valence-electron chi connectivity index (χ2n) is 4.03. The van der Waals surface area contributed by atoms with Crippen molar-refractivity contribution in [2.24, 2.45) is 0 Å². The number of carbonyl (C=O) groups is 1. The van der Waals surface area contributed by atoms with E-state index in [0.29, 0.717) is 6.42 Å². The molecule has 17 heavy (non-hydrogen) atoms. The highest BCUT2D eigenvalue weighted by molar-refractivity contribution is 5.76. The molecule has 0 radical (unpaired) electrons. The molecule has 2 heterocycles. The first-order valence-electron chi connectivity index (χ1n) is 5.81. The third kappa shape index (κ3) is 2.43. The summed E-state index contributed by atoms with van der Waals surface area (Å²) in [4.78, 5) is 11.5. The Labute approximate surface area is 99.9 Å². The van der Waals surface area contributed by atoms with Gasteiger partial charge in [0.1, 0.15) is 0 Å². The highest BCUT2D eigenvalue weighted by Gasteiger charge is 2.14. The maximum absolute atomic E-state index is 11.5. The molecule has 0 bridgehead atoms. The zero-order valence-electron chi connectivity index (χ0n) is 10.1. The molecule has 0 aliphatic rings. The molecule has 0 fully saturated rings. The van der Waals surface area contributed by atoms with Gasteiger partial charge in [-0.25, -0.2) is 0 Å². The van der Waals surface area contributed by atoms with E-state index in [9.17, 15) is 4.79 Å². The second-order valence-corrected chi connectivity index (χ2v) is 4.03. The molecule has 2 aromatic rings. The van der Waals surface area contributed by atoms with Gasteiger partial charge in [0.05, 0.1) is 6.04 Å². The van der Waals surface area contributed by atoms with E-state index in [4.69, 9.17) is 0 Å². The minimum absolute atomic E-state index is 0.0488. The molecule has 0 aliphatic carbocycles. The van der Waals surface area contributed by atoms with Crippen LogP contribution in [0.25, 0.3) is 5.65 Å². The summed E-state index contributed by atoms with van der Waals surface area (Å²) in [5.41, 5.74) is 0.791. The fraction of sp³-hybridized carbons (Fsp3) is 0.417. The lowest BCUT2D eigenvalue weighted by Crippen LogP contribution is -2.27. The molecule has 0 aliphatic heterocycles. The normalized spacial score (nSPS) is 12.6. The van der Waals surface area contributed by atoms with E-state index in [1.54, 1.807) is 0 Å². The van der Waals surface area contributed by atoms with Gasteiger partial charge in [0, 0.05) is 12.6 Å². The van der Waals surface area contributed by atoms with Gasteiger partial charge < -0.3 is 5.32 Å². The summed E-state index contributed by atoms with van der Waals surface area (Å²) in [7, 11) is 0. The van der Waals surface area contributed by atoms with Crippen molar-refractivity contribution in [3.63, 3.8) is 0 Å². The fourth-order valence-electron chi connectivity index (χ4n) is 1.76. The standard InChI is InChI=1S/C12H16N4O/c1-3-6-11(17)13-9(2)12-15-14-10-7-4-5-8-16(10)12/h4-5,7-9H,3,6H2,1-2H3,(H,13,17). The Balaban J connectivity index is 2.19. The van der Waals surface area contributed by atoms with Gasteiger partial charge in [-0.2, -0.15) is 0 Å². The molecule has 5 nitrogen and oxygen atoms in total. The molecule has 90 valence electrons. The van der Waals surface area contributed by atoms with Crippen LogP contribution in [0.2, 0.25) is 0 Å². The van der Waals surface area contributed by atoms with E-state index in [2.05, 4.69) is 15.5 Å². The van der Waals surface area contributed by atoms with Crippen molar-refractivity contribution in [3.05, 3.63) is 30.2 Å². The Morgan fingerprint density at radius 1 is 1.47 bits per heavy atom. The lowest BCUT2D eigenvalue weighted by Gasteiger charge is -2.11. The number of rotatable bonds is 4. The van der Waals surface area contributed by atoms with Crippen LogP contribution in [0, 0.1) is 0 Å². The van der Waals surface area contributed by atoms with E-state index >= 15 is 0 Å². The SMILES string of the molecule is CCCC(=O)NC(C)c1nnc2ccccn12. The molecule has 0 spiro atoms. The summed E-state index contributed by atoms with van der Waals surface area (Å²) in [6.07, 6.45) is 3.29. The van der Waals surface area contributed by atoms with Gasteiger partial charge in [0.25, 0.3) is 0 Å². The number of nitrogens with zero attached hydrogens (tertiary/aromatic N) is 3. The number of aromatic nitrogens is 3. The minimum Gasteiger partial charge on any atom is -0.346 e. The topological polar surface area (TPSA) is 59.3 Å². The summed E-state index contributed by atoms with van der Waals surface area (Å²) >= 11 is 0. The van der Waals surface area contributed by atoms with Crippen molar-refractivity contribution in [1.29, 1.82) is 0 Å². The summed E-state index contributed by atoms with van der Waals surface area (Å²) in [6.45, 7) is 3.90. The predicted molar refractivity (Wildman–Crippen MR) is 64.5 cm³/mol. The molecule has 0 saturated heterocycles. The lowest BCUT2D eigenvalue weighted by atomic mass is 10.2. The molecule has 5 heteroatoms. The number of pyridine rings is 1.